The highest BCUT2D eigenvalue weighted by atomic mass is 16.3. The summed E-state index contributed by atoms with van der Waals surface area (Å²) >= 11 is 0. The predicted octanol–water partition coefficient (Wildman–Crippen LogP) is 1.44. The molecule has 0 bridgehead atoms. The van der Waals surface area contributed by atoms with Gasteiger partial charge in [0.2, 0.25) is 0 Å². The third kappa shape index (κ3) is 3.55. The average Bonchev–Trinajstić information content (AvgIpc) is 2.46. The van der Waals surface area contributed by atoms with Crippen molar-refractivity contribution in [2.45, 2.75) is 13.0 Å². The van der Waals surface area contributed by atoms with Crippen LogP contribution in [0.4, 0.5) is 5.69 Å². The third-order valence-electron chi connectivity index (χ3n) is 2.95. The number of amides is 1. The number of hydrogen-bond acceptors (Lipinski definition) is 4. The Morgan fingerprint density at radius 3 is 2.60 bits per heavy atom. The average molecular weight is 271 g/mol. The van der Waals surface area contributed by atoms with Gasteiger partial charge < -0.3 is 16.2 Å². The van der Waals surface area contributed by atoms with Crippen LogP contribution in [0.25, 0.3) is 0 Å². The van der Waals surface area contributed by atoms with Crippen LogP contribution in [0, 0.1) is 6.92 Å². The summed E-state index contributed by atoms with van der Waals surface area (Å²) in [4.78, 5) is 15.9. The molecule has 1 unspecified atom stereocenters. The highest BCUT2D eigenvalue weighted by Gasteiger charge is 2.10. The van der Waals surface area contributed by atoms with Crippen molar-refractivity contribution in [3.8, 4) is 0 Å². The number of nitrogen functional groups attached to an aromatic ring is 1. The number of nitrogens with two attached hydrogens (primary N) is 1. The van der Waals surface area contributed by atoms with E-state index in [1.165, 1.54) is 6.20 Å². The molecule has 104 valence electrons. The van der Waals surface area contributed by atoms with Crippen LogP contribution in [0.15, 0.2) is 42.6 Å². The van der Waals surface area contributed by atoms with E-state index in [1.807, 2.05) is 6.92 Å². The van der Waals surface area contributed by atoms with Gasteiger partial charge in [0.15, 0.2) is 0 Å². The van der Waals surface area contributed by atoms with Crippen molar-refractivity contribution in [1.29, 1.82) is 0 Å². The fourth-order valence-corrected chi connectivity index (χ4v) is 1.73. The highest BCUT2D eigenvalue weighted by molar-refractivity contribution is 5.93. The first-order chi connectivity index (χ1) is 9.56. The lowest BCUT2D eigenvalue weighted by molar-refractivity contribution is 0.0916. The second kappa shape index (κ2) is 6.16. The standard InChI is InChI=1S/C15H17N3O2/c1-10-2-3-12(8-17-10)15(20)18-9-14(19)11-4-6-13(16)7-5-11/h2-8,14,19H,9,16H2,1H3,(H,18,20). The number of nitrogens with zero attached hydrogens (tertiary/aromatic N) is 1. The molecular formula is C15H17N3O2. The van der Waals surface area contributed by atoms with E-state index in [4.69, 9.17) is 5.73 Å². The van der Waals surface area contributed by atoms with Gasteiger partial charge in [0.05, 0.1) is 11.7 Å². The van der Waals surface area contributed by atoms with Gasteiger partial charge in [-0.25, -0.2) is 0 Å². The molecule has 0 aliphatic heterocycles. The monoisotopic (exact) mass is 271 g/mol. The number of carbonyl (C=O) groups excluding carboxylic acids is 1. The van der Waals surface area contributed by atoms with Crippen LogP contribution < -0.4 is 11.1 Å². The maximum atomic E-state index is 11.9. The molecule has 20 heavy (non-hydrogen) atoms. The van der Waals surface area contributed by atoms with E-state index in [2.05, 4.69) is 10.3 Å². The number of aromatic nitrogens is 1. The van der Waals surface area contributed by atoms with Gasteiger partial charge in [-0.05, 0) is 36.8 Å². The van der Waals surface area contributed by atoms with E-state index in [1.54, 1.807) is 36.4 Å². The Labute approximate surface area is 117 Å². The molecule has 0 fully saturated rings. The predicted molar refractivity (Wildman–Crippen MR) is 77.1 cm³/mol. The van der Waals surface area contributed by atoms with E-state index in [0.717, 1.165) is 5.69 Å². The number of carbonyl (C=O) groups is 1. The Kier molecular flexibility index (Phi) is 4.32. The molecule has 1 heterocycles. The molecule has 0 spiro atoms. The van der Waals surface area contributed by atoms with Crippen molar-refractivity contribution in [1.82, 2.24) is 10.3 Å². The molecule has 0 saturated carbocycles. The minimum absolute atomic E-state index is 0.136. The number of anilines is 1. The molecule has 5 heteroatoms. The van der Waals surface area contributed by atoms with E-state index in [0.29, 0.717) is 16.8 Å². The van der Waals surface area contributed by atoms with Crippen LogP contribution in [0.2, 0.25) is 0 Å². The van der Waals surface area contributed by atoms with Crippen LogP contribution in [0.1, 0.15) is 27.7 Å². The van der Waals surface area contributed by atoms with Gasteiger partial charge >= 0.3 is 0 Å². The molecule has 5 nitrogen and oxygen atoms in total. The van der Waals surface area contributed by atoms with Crippen LogP contribution in [0.3, 0.4) is 0 Å². The van der Waals surface area contributed by atoms with Gasteiger partial charge in [0, 0.05) is 24.1 Å². The fraction of sp³-hybridized carbons (Fsp3) is 0.200. The van der Waals surface area contributed by atoms with E-state index in [-0.39, 0.29) is 12.5 Å². The van der Waals surface area contributed by atoms with Crippen molar-refractivity contribution in [2.24, 2.45) is 0 Å². The zero-order chi connectivity index (χ0) is 14.5. The van der Waals surface area contributed by atoms with Gasteiger partial charge in [0.1, 0.15) is 0 Å². The summed E-state index contributed by atoms with van der Waals surface area (Å²) in [6.07, 6.45) is 0.748. The smallest absolute Gasteiger partial charge is 0.252 e. The Bertz CT molecular complexity index is 579. The van der Waals surface area contributed by atoms with Crippen molar-refractivity contribution < 1.29 is 9.90 Å². The lowest BCUT2D eigenvalue weighted by atomic mass is 10.1. The summed E-state index contributed by atoms with van der Waals surface area (Å²) in [5.41, 5.74) is 8.25. The largest absolute Gasteiger partial charge is 0.399 e. The maximum absolute atomic E-state index is 11.9. The zero-order valence-electron chi connectivity index (χ0n) is 11.2. The van der Waals surface area contributed by atoms with Crippen LogP contribution in [-0.2, 0) is 0 Å². The molecule has 1 aromatic heterocycles. The molecule has 1 aromatic carbocycles. The van der Waals surface area contributed by atoms with Crippen LogP contribution in [-0.4, -0.2) is 22.5 Å². The second-order valence-electron chi connectivity index (χ2n) is 4.58. The Morgan fingerprint density at radius 1 is 1.30 bits per heavy atom. The molecule has 2 aromatic rings. The van der Waals surface area contributed by atoms with Crippen LogP contribution >= 0.6 is 0 Å². The number of pyridine rings is 1. The molecular weight excluding hydrogens is 254 g/mol. The number of aliphatic hydroxyl groups excluding tert-OH is 1. The van der Waals surface area contributed by atoms with Gasteiger partial charge in [-0.1, -0.05) is 12.1 Å². The molecule has 0 saturated heterocycles. The summed E-state index contributed by atoms with van der Waals surface area (Å²) in [5, 5.41) is 12.7. The minimum atomic E-state index is -0.766. The van der Waals surface area contributed by atoms with Crippen molar-refractivity contribution in [2.75, 3.05) is 12.3 Å². The topological polar surface area (TPSA) is 88.2 Å². The number of nitrogens with one attached hydrogen (secondary N) is 1. The summed E-state index contributed by atoms with van der Waals surface area (Å²) in [6.45, 7) is 1.99. The molecule has 0 radical (unpaired) electrons. The number of aliphatic hydroxyl groups is 1. The normalized spacial score (nSPS) is 11.9. The van der Waals surface area contributed by atoms with Crippen LogP contribution in [0.5, 0.6) is 0 Å². The Balaban J connectivity index is 1.92. The van der Waals surface area contributed by atoms with Gasteiger partial charge in [0.25, 0.3) is 5.91 Å². The quantitative estimate of drug-likeness (QED) is 0.734. The first kappa shape index (κ1) is 14.0. The molecule has 0 aliphatic rings. The summed E-state index contributed by atoms with van der Waals surface area (Å²) < 4.78 is 0. The van der Waals surface area contributed by atoms with Gasteiger partial charge in [-0.3, -0.25) is 9.78 Å². The highest BCUT2D eigenvalue weighted by Crippen LogP contribution is 2.14. The van der Waals surface area contributed by atoms with E-state index < -0.39 is 6.10 Å². The zero-order valence-corrected chi connectivity index (χ0v) is 11.2. The first-order valence-corrected chi connectivity index (χ1v) is 6.30. The number of rotatable bonds is 4. The second-order valence-corrected chi connectivity index (χ2v) is 4.58. The van der Waals surface area contributed by atoms with Crippen molar-refractivity contribution in [3.63, 3.8) is 0 Å². The lowest BCUT2D eigenvalue weighted by Crippen LogP contribution is -2.28. The molecule has 1 atom stereocenters. The van der Waals surface area contributed by atoms with E-state index >= 15 is 0 Å². The van der Waals surface area contributed by atoms with E-state index in [9.17, 15) is 9.90 Å². The number of aryl methyl sites for hydroxylation is 1. The molecule has 2 rings (SSSR count). The van der Waals surface area contributed by atoms with Crippen molar-refractivity contribution in [3.05, 3.63) is 59.4 Å². The molecule has 4 N–H and O–H groups in total. The summed E-state index contributed by atoms with van der Waals surface area (Å²) in [7, 11) is 0. The lowest BCUT2D eigenvalue weighted by Gasteiger charge is -2.12. The minimum Gasteiger partial charge on any atom is -0.399 e. The number of hydrogen-bond donors (Lipinski definition) is 3. The summed E-state index contributed by atoms with van der Waals surface area (Å²) in [6, 6.07) is 10.4. The summed E-state index contributed by atoms with van der Waals surface area (Å²) in [5.74, 6) is -0.257. The molecule has 0 aliphatic carbocycles. The van der Waals surface area contributed by atoms with Crippen molar-refractivity contribution >= 4 is 11.6 Å². The molecule has 1 amide bonds. The fourth-order valence-electron chi connectivity index (χ4n) is 1.73. The van der Waals surface area contributed by atoms with Gasteiger partial charge in [-0.2, -0.15) is 0 Å². The third-order valence-corrected chi connectivity index (χ3v) is 2.95. The number of benzene rings is 1. The Morgan fingerprint density at radius 2 is 2.00 bits per heavy atom. The van der Waals surface area contributed by atoms with Gasteiger partial charge in [-0.15, -0.1) is 0 Å². The SMILES string of the molecule is Cc1ccc(C(=O)NCC(O)c2ccc(N)cc2)cn1. The first-order valence-electron chi connectivity index (χ1n) is 6.30. The Hall–Kier alpha value is -2.40. The maximum Gasteiger partial charge on any atom is 0.252 e.